The molecule has 1 aromatic heterocycles. The van der Waals surface area contributed by atoms with E-state index in [9.17, 15) is 13.2 Å². The van der Waals surface area contributed by atoms with E-state index in [-0.39, 0.29) is 17.7 Å². The lowest BCUT2D eigenvalue weighted by Gasteiger charge is -2.28. The predicted molar refractivity (Wildman–Crippen MR) is 108 cm³/mol. The van der Waals surface area contributed by atoms with Crippen molar-refractivity contribution in [3.63, 3.8) is 0 Å². The van der Waals surface area contributed by atoms with Gasteiger partial charge >= 0.3 is 0 Å². The molecule has 146 valence electrons. The van der Waals surface area contributed by atoms with Gasteiger partial charge in [-0.15, -0.1) is 0 Å². The minimum absolute atomic E-state index is 0.0986. The fourth-order valence-corrected chi connectivity index (χ4v) is 5.04. The van der Waals surface area contributed by atoms with Gasteiger partial charge in [-0.05, 0) is 55.5 Å². The third-order valence-electron chi connectivity index (χ3n) is 4.74. The molecule has 0 radical (unpaired) electrons. The highest BCUT2D eigenvalue weighted by molar-refractivity contribution is 7.92. The van der Waals surface area contributed by atoms with Crippen LogP contribution in [0.3, 0.4) is 0 Å². The Hall–Kier alpha value is -2.28. The molecule has 1 amide bonds. The Bertz CT molecular complexity index is 876. The van der Waals surface area contributed by atoms with Crippen molar-refractivity contribution in [2.75, 3.05) is 21.9 Å². The highest BCUT2D eigenvalue weighted by Gasteiger charge is 2.26. The van der Waals surface area contributed by atoms with Crippen molar-refractivity contribution in [3.05, 3.63) is 48.8 Å². The maximum atomic E-state index is 12.9. The molecular weight excluding hydrogens is 362 g/mol. The van der Waals surface area contributed by atoms with Crippen LogP contribution in [0.1, 0.15) is 39.2 Å². The number of carbonyl (C=O) groups excluding carboxylic acids is 1. The Morgan fingerprint density at radius 3 is 2.56 bits per heavy atom. The number of hydrogen-bond donors (Lipinski definition) is 1. The highest BCUT2D eigenvalue weighted by Crippen LogP contribution is 2.27. The van der Waals surface area contributed by atoms with Crippen LogP contribution in [0.2, 0.25) is 0 Å². The zero-order chi connectivity index (χ0) is 19.4. The van der Waals surface area contributed by atoms with E-state index < -0.39 is 10.0 Å². The first-order valence-corrected chi connectivity index (χ1v) is 11.0. The lowest BCUT2D eigenvalue weighted by Crippen LogP contribution is -2.37. The van der Waals surface area contributed by atoms with Crippen molar-refractivity contribution in [1.29, 1.82) is 0 Å². The molecule has 1 aliphatic rings. The number of amides is 1. The summed E-state index contributed by atoms with van der Waals surface area (Å²) in [5.74, 6) is 0.444. The molecule has 0 unspecified atom stereocenters. The van der Waals surface area contributed by atoms with E-state index >= 15 is 0 Å². The lowest BCUT2D eigenvalue weighted by molar-refractivity contribution is -0.119. The maximum Gasteiger partial charge on any atom is 0.247 e. The summed E-state index contributed by atoms with van der Waals surface area (Å²) in [5, 5.41) is 2.96. The Balaban J connectivity index is 1.79. The van der Waals surface area contributed by atoms with Crippen LogP contribution in [0.15, 0.2) is 48.8 Å². The second-order valence-corrected chi connectivity index (χ2v) is 9.42. The van der Waals surface area contributed by atoms with Crippen LogP contribution < -0.4 is 9.62 Å². The zero-order valence-electron chi connectivity index (χ0n) is 15.8. The molecule has 0 saturated carbocycles. The van der Waals surface area contributed by atoms with Crippen LogP contribution in [0, 0.1) is 5.92 Å². The third-order valence-corrected chi connectivity index (χ3v) is 6.61. The van der Waals surface area contributed by atoms with Crippen LogP contribution in [0.25, 0.3) is 0 Å². The van der Waals surface area contributed by atoms with Crippen LogP contribution in [0.5, 0.6) is 0 Å². The van der Waals surface area contributed by atoms with Crippen molar-refractivity contribution in [2.24, 2.45) is 5.92 Å². The number of nitrogens with one attached hydrogen (secondary N) is 1. The van der Waals surface area contributed by atoms with Gasteiger partial charge in [0, 0.05) is 24.6 Å². The fourth-order valence-electron chi connectivity index (χ4n) is 3.41. The van der Waals surface area contributed by atoms with E-state index in [1.807, 2.05) is 29.1 Å². The molecule has 27 heavy (non-hydrogen) atoms. The van der Waals surface area contributed by atoms with Crippen molar-refractivity contribution in [1.82, 2.24) is 4.57 Å². The average Bonchev–Trinajstić information content (AvgIpc) is 3.13. The molecule has 0 aliphatic carbocycles. The van der Waals surface area contributed by atoms with Crippen LogP contribution >= 0.6 is 0 Å². The number of carbonyl (C=O) groups is 1. The second kappa shape index (κ2) is 8.17. The summed E-state index contributed by atoms with van der Waals surface area (Å²) in [5.41, 5.74) is 1.22. The standard InChI is InChI=1S/C20H27N3O3S/c1-16(2)14-19(22-10-3-4-11-22)20(24)21-17-8-7-9-18(15-17)23-12-5-6-13-27(23,25)26/h3-4,7-11,15-16,19H,5-6,12-14H2,1-2H3,(H,21,24)/t19-/m1/s1. The van der Waals surface area contributed by atoms with Crippen LogP contribution in [0.4, 0.5) is 11.4 Å². The predicted octanol–water partition coefficient (Wildman–Crippen LogP) is 3.64. The van der Waals surface area contributed by atoms with Gasteiger partial charge in [-0.3, -0.25) is 9.10 Å². The van der Waals surface area contributed by atoms with Crippen LogP contribution in [-0.4, -0.2) is 31.2 Å². The smallest absolute Gasteiger partial charge is 0.247 e. The average molecular weight is 390 g/mol. The Morgan fingerprint density at radius 2 is 1.89 bits per heavy atom. The quantitative estimate of drug-likeness (QED) is 0.820. The Labute approximate surface area is 161 Å². The summed E-state index contributed by atoms with van der Waals surface area (Å²) in [6.45, 7) is 4.66. The van der Waals surface area contributed by atoms with Gasteiger partial charge < -0.3 is 9.88 Å². The van der Waals surface area contributed by atoms with Crippen molar-refractivity contribution < 1.29 is 13.2 Å². The van der Waals surface area contributed by atoms with Gasteiger partial charge in [0.05, 0.1) is 11.4 Å². The largest absolute Gasteiger partial charge is 0.342 e. The first-order chi connectivity index (χ1) is 12.9. The first kappa shape index (κ1) is 19.5. The van der Waals surface area contributed by atoms with Gasteiger partial charge in [-0.2, -0.15) is 0 Å². The summed E-state index contributed by atoms with van der Waals surface area (Å²) in [6.07, 6.45) is 6.05. The third kappa shape index (κ3) is 4.71. The maximum absolute atomic E-state index is 12.9. The molecule has 1 fully saturated rings. The number of aromatic nitrogens is 1. The number of hydrogen-bond acceptors (Lipinski definition) is 3. The topological polar surface area (TPSA) is 71.4 Å². The van der Waals surface area contributed by atoms with Gasteiger partial charge in [0.25, 0.3) is 0 Å². The monoisotopic (exact) mass is 389 g/mol. The number of anilines is 2. The molecule has 6 nitrogen and oxygen atoms in total. The van der Waals surface area contributed by atoms with Crippen molar-refractivity contribution in [2.45, 2.75) is 39.2 Å². The molecule has 0 spiro atoms. The van der Waals surface area contributed by atoms with E-state index in [0.29, 0.717) is 30.3 Å². The summed E-state index contributed by atoms with van der Waals surface area (Å²) >= 11 is 0. The van der Waals surface area contributed by atoms with Gasteiger partial charge in [-0.25, -0.2) is 8.42 Å². The molecule has 0 bridgehead atoms. The van der Waals surface area contributed by atoms with Gasteiger partial charge in [0.2, 0.25) is 15.9 Å². The van der Waals surface area contributed by atoms with E-state index in [1.165, 1.54) is 4.31 Å². The molecular formula is C20H27N3O3S. The minimum atomic E-state index is -3.27. The summed E-state index contributed by atoms with van der Waals surface area (Å²) in [4.78, 5) is 12.9. The van der Waals surface area contributed by atoms with E-state index in [4.69, 9.17) is 0 Å². The van der Waals surface area contributed by atoms with Crippen molar-refractivity contribution in [3.8, 4) is 0 Å². The molecule has 3 rings (SSSR count). The molecule has 1 aliphatic heterocycles. The van der Waals surface area contributed by atoms with Crippen molar-refractivity contribution >= 4 is 27.3 Å². The number of benzene rings is 1. The SMILES string of the molecule is CC(C)C[C@H](C(=O)Nc1cccc(N2CCCCS2(=O)=O)c1)n1cccc1. The normalized spacial score (nSPS) is 17.7. The highest BCUT2D eigenvalue weighted by atomic mass is 32.2. The molecule has 1 saturated heterocycles. The second-order valence-electron chi connectivity index (χ2n) is 7.41. The molecule has 2 aromatic rings. The Morgan fingerprint density at radius 1 is 1.15 bits per heavy atom. The minimum Gasteiger partial charge on any atom is -0.342 e. The molecule has 7 heteroatoms. The summed E-state index contributed by atoms with van der Waals surface area (Å²) in [7, 11) is -3.27. The number of rotatable bonds is 6. The summed E-state index contributed by atoms with van der Waals surface area (Å²) < 4.78 is 28.0. The molecule has 1 aromatic carbocycles. The number of sulfonamides is 1. The van der Waals surface area contributed by atoms with Gasteiger partial charge in [-0.1, -0.05) is 19.9 Å². The molecule has 1 N–H and O–H groups in total. The van der Waals surface area contributed by atoms with Gasteiger partial charge in [0.15, 0.2) is 0 Å². The summed E-state index contributed by atoms with van der Waals surface area (Å²) in [6, 6.07) is 10.6. The lowest BCUT2D eigenvalue weighted by atomic mass is 10.0. The first-order valence-electron chi connectivity index (χ1n) is 9.40. The van der Waals surface area contributed by atoms with E-state index in [2.05, 4.69) is 19.2 Å². The van der Waals surface area contributed by atoms with Crippen LogP contribution in [-0.2, 0) is 14.8 Å². The molecule has 1 atom stereocenters. The van der Waals surface area contributed by atoms with E-state index in [1.54, 1.807) is 24.3 Å². The Kier molecular flexibility index (Phi) is 5.89. The zero-order valence-corrected chi connectivity index (χ0v) is 16.7. The molecule has 2 heterocycles. The number of nitrogens with zero attached hydrogens (tertiary/aromatic N) is 2. The van der Waals surface area contributed by atoms with Gasteiger partial charge in [0.1, 0.15) is 6.04 Å². The fraction of sp³-hybridized carbons (Fsp3) is 0.450. The van der Waals surface area contributed by atoms with E-state index in [0.717, 1.165) is 12.8 Å².